The normalized spacial score (nSPS) is 12.0. The lowest BCUT2D eigenvalue weighted by molar-refractivity contribution is 0.0922. The summed E-state index contributed by atoms with van der Waals surface area (Å²) in [5.74, 6) is 0.584. The maximum absolute atomic E-state index is 12.7. The van der Waals surface area contributed by atoms with Crippen LogP contribution in [0.1, 0.15) is 42.0 Å². The quantitative estimate of drug-likeness (QED) is 0.658. The van der Waals surface area contributed by atoms with Crippen molar-refractivity contribution in [2.75, 3.05) is 6.61 Å². The van der Waals surface area contributed by atoms with Crippen molar-refractivity contribution < 1.29 is 9.90 Å². The first-order valence-electron chi connectivity index (χ1n) is 9.41. The topological polar surface area (TPSA) is 92.9 Å². The van der Waals surface area contributed by atoms with Crippen LogP contribution < -0.4 is 5.32 Å². The van der Waals surface area contributed by atoms with E-state index in [4.69, 9.17) is 0 Å². The van der Waals surface area contributed by atoms with Gasteiger partial charge in [0.2, 0.25) is 0 Å². The van der Waals surface area contributed by atoms with E-state index >= 15 is 0 Å². The molecule has 146 valence electrons. The van der Waals surface area contributed by atoms with Crippen LogP contribution in [0.25, 0.3) is 16.9 Å². The number of carbonyl (C=O) groups excluding carboxylic acids is 1. The molecule has 3 aromatic rings. The van der Waals surface area contributed by atoms with Gasteiger partial charge in [0.15, 0.2) is 0 Å². The molecule has 0 saturated heterocycles. The number of pyridine rings is 1. The molecule has 3 rings (SSSR count). The van der Waals surface area contributed by atoms with Crippen molar-refractivity contribution in [3.05, 3.63) is 59.8 Å². The molecule has 0 spiro atoms. The van der Waals surface area contributed by atoms with Gasteiger partial charge in [-0.3, -0.25) is 9.78 Å². The molecule has 0 saturated carbocycles. The molecule has 1 amide bonds. The van der Waals surface area contributed by atoms with Gasteiger partial charge >= 0.3 is 0 Å². The van der Waals surface area contributed by atoms with Gasteiger partial charge in [-0.15, -0.1) is 0 Å². The van der Waals surface area contributed by atoms with E-state index in [1.54, 1.807) is 29.9 Å². The van der Waals surface area contributed by atoms with Crippen LogP contribution in [0.2, 0.25) is 0 Å². The third kappa shape index (κ3) is 4.43. The Morgan fingerprint density at radius 1 is 1.25 bits per heavy atom. The predicted molar refractivity (Wildman–Crippen MR) is 107 cm³/mol. The molecule has 2 aromatic heterocycles. The number of aliphatic hydroxyl groups excluding tert-OH is 1. The Morgan fingerprint density at radius 2 is 2.07 bits per heavy atom. The standard InChI is InChI=1S/C21H25N5O2/c1-4-5-20-23-13-24-26(20)18-9-16(19-7-6-14(2)11-22-19)8-17(10-18)21(28)25-15(3)12-27/h6-11,13,15,27H,4-5,12H2,1-3H3,(H,25,28)/t15-/m0/s1. The highest BCUT2D eigenvalue weighted by molar-refractivity contribution is 5.96. The third-order valence-electron chi connectivity index (χ3n) is 4.37. The largest absolute Gasteiger partial charge is 0.394 e. The van der Waals surface area contributed by atoms with Crippen molar-refractivity contribution in [1.29, 1.82) is 0 Å². The second kappa shape index (κ2) is 8.75. The zero-order valence-corrected chi connectivity index (χ0v) is 16.4. The van der Waals surface area contributed by atoms with Crippen LogP contribution in [0.3, 0.4) is 0 Å². The molecule has 2 N–H and O–H groups in total. The highest BCUT2D eigenvalue weighted by Gasteiger charge is 2.15. The second-order valence-electron chi connectivity index (χ2n) is 6.88. The van der Waals surface area contributed by atoms with Crippen LogP contribution in [-0.2, 0) is 6.42 Å². The first kappa shape index (κ1) is 19.7. The molecule has 0 fully saturated rings. The Balaban J connectivity index is 2.09. The Hall–Kier alpha value is -3.06. The molecule has 1 atom stereocenters. The summed E-state index contributed by atoms with van der Waals surface area (Å²) < 4.78 is 1.76. The summed E-state index contributed by atoms with van der Waals surface area (Å²) in [5.41, 5.74) is 3.89. The fourth-order valence-corrected chi connectivity index (χ4v) is 2.88. The van der Waals surface area contributed by atoms with Gasteiger partial charge in [0.25, 0.3) is 5.91 Å². The molecular weight excluding hydrogens is 354 g/mol. The van der Waals surface area contributed by atoms with Crippen molar-refractivity contribution in [3.8, 4) is 16.9 Å². The summed E-state index contributed by atoms with van der Waals surface area (Å²) in [4.78, 5) is 21.5. The summed E-state index contributed by atoms with van der Waals surface area (Å²) in [5, 5.41) is 16.4. The number of hydrogen-bond acceptors (Lipinski definition) is 5. The van der Waals surface area contributed by atoms with Gasteiger partial charge in [0, 0.05) is 29.8 Å². The molecular formula is C21H25N5O2. The second-order valence-corrected chi connectivity index (χ2v) is 6.88. The van der Waals surface area contributed by atoms with Crippen LogP contribution in [-0.4, -0.2) is 43.4 Å². The molecule has 1 aromatic carbocycles. The average molecular weight is 379 g/mol. The molecule has 0 aliphatic rings. The monoisotopic (exact) mass is 379 g/mol. The van der Waals surface area contributed by atoms with Gasteiger partial charge in [-0.05, 0) is 50.1 Å². The van der Waals surface area contributed by atoms with E-state index in [2.05, 4.69) is 27.3 Å². The fourth-order valence-electron chi connectivity index (χ4n) is 2.88. The highest BCUT2D eigenvalue weighted by Crippen LogP contribution is 2.24. The first-order valence-corrected chi connectivity index (χ1v) is 9.41. The number of amides is 1. The van der Waals surface area contributed by atoms with Crippen LogP contribution in [0.15, 0.2) is 42.9 Å². The van der Waals surface area contributed by atoms with E-state index in [0.717, 1.165) is 41.2 Å². The summed E-state index contributed by atoms with van der Waals surface area (Å²) >= 11 is 0. The number of nitrogens with one attached hydrogen (secondary N) is 1. The Morgan fingerprint density at radius 3 is 2.75 bits per heavy atom. The maximum Gasteiger partial charge on any atom is 0.251 e. The number of aliphatic hydroxyl groups is 1. The minimum absolute atomic E-state index is 0.123. The van der Waals surface area contributed by atoms with Crippen molar-refractivity contribution in [1.82, 2.24) is 25.1 Å². The predicted octanol–water partition coefficient (Wildman–Crippen LogP) is 2.70. The number of aryl methyl sites for hydroxylation is 2. The molecule has 0 aliphatic heterocycles. The van der Waals surface area contributed by atoms with Gasteiger partial charge in [-0.25, -0.2) is 9.67 Å². The van der Waals surface area contributed by atoms with Crippen molar-refractivity contribution in [2.24, 2.45) is 0 Å². The Labute approximate surface area is 164 Å². The number of hydrogen-bond donors (Lipinski definition) is 2. The molecule has 2 heterocycles. The molecule has 0 unspecified atom stereocenters. The van der Waals surface area contributed by atoms with Gasteiger partial charge < -0.3 is 10.4 Å². The van der Waals surface area contributed by atoms with Crippen LogP contribution in [0.5, 0.6) is 0 Å². The molecule has 28 heavy (non-hydrogen) atoms. The van der Waals surface area contributed by atoms with Crippen LogP contribution in [0.4, 0.5) is 0 Å². The Bertz CT molecular complexity index is 950. The van der Waals surface area contributed by atoms with E-state index < -0.39 is 0 Å². The molecule has 0 bridgehead atoms. The van der Waals surface area contributed by atoms with Crippen LogP contribution in [0, 0.1) is 6.92 Å². The Kier molecular flexibility index (Phi) is 6.16. The van der Waals surface area contributed by atoms with E-state index in [0.29, 0.717) is 5.56 Å². The zero-order valence-electron chi connectivity index (χ0n) is 16.4. The lowest BCUT2D eigenvalue weighted by Crippen LogP contribution is -2.35. The van der Waals surface area contributed by atoms with E-state index in [1.807, 2.05) is 25.1 Å². The first-order chi connectivity index (χ1) is 13.5. The van der Waals surface area contributed by atoms with E-state index in [1.165, 1.54) is 6.33 Å². The lowest BCUT2D eigenvalue weighted by atomic mass is 10.0. The minimum Gasteiger partial charge on any atom is -0.394 e. The molecule has 7 nitrogen and oxygen atoms in total. The van der Waals surface area contributed by atoms with Crippen molar-refractivity contribution in [2.45, 2.75) is 39.7 Å². The fraction of sp³-hybridized carbons (Fsp3) is 0.333. The smallest absolute Gasteiger partial charge is 0.251 e. The summed E-state index contributed by atoms with van der Waals surface area (Å²) in [6.45, 7) is 5.69. The lowest BCUT2D eigenvalue weighted by Gasteiger charge is -2.14. The molecule has 7 heteroatoms. The average Bonchev–Trinajstić information content (AvgIpc) is 3.16. The summed E-state index contributed by atoms with van der Waals surface area (Å²) in [6.07, 6.45) is 5.05. The SMILES string of the molecule is CCCc1ncnn1-c1cc(C(=O)N[C@@H](C)CO)cc(-c2ccc(C)cn2)c1. The third-order valence-corrected chi connectivity index (χ3v) is 4.37. The van der Waals surface area contributed by atoms with Crippen molar-refractivity contribution in [3.63, 3.8) is 0 Å². The van der Waals surface area contributed by atoms with Gasteiger partial charge in [0.05, 0.1) is 18.0 Å². The maximum atomic E-state index is 12.7. The summed E-state index contributed by atoms with van der Waals surface area (Å²) in [7, 11) is 0. The minimum atomic E-state index is -0.334. The number of benzene rings is 1. The number of carbonyl (C=O) groups is 1. The number of aromatic nitrogens is 4. The van der Waals surface area contributed by atoms with Crippen molar-refractivity contribution >= 4 is 5.91 Å². The number of nitrogens with zero attached hydrogens (tertiary/aromatic N) is 4. The number of rotatable bonds is 7. The van der Waals surface area contributed by atoms with Gasteiger partial charge in [0.1, 0.15) is 12.2 Å². The highest BCUT2D eigenvalue weighted by atomic mass is 16.3. The van der Waals surface area contributed by atoms with Gasteiger partial charge in [-0.1, -0.05) is 13.0 Å². The molecule has 0 aliphatic carbocycles. The van der Waals surface area contributed by atoms with Gasteiger partial charge in [-0.2, -0.15) is 5.10 Å². The zero-order chi connectivity index (χ0) is 20.1. The molecule has 0 radical (unpaired) electrons. The summed E-state index contributed by atoms with van der Waals surface area (Å²) in [6, 6.07) is 9.13. The van der Waals surface area contributed by atoms with Crippen LogP contribution >= 0.6 is 0 Å². The van der Waals surface area contributed by atoms with E-state index in [-0.39, 0.29) is 18.6 Å². The van der Waals surface area contributed by atoms with E-state index in [9.17, 15) is 9.90 Å².